The van der Waals surface area contributed by atoms with Gasteiger partial charge < -0.3 is 25.6 Å². The van der Waals surface area contributed by atoms with Crippen LogP contribution in [0.4, 0.5) is 26.0 Å². The second-order valence-corrected chi connectivity index (χ2v) is 9.69. The number of halogens is 2. The maximum absolute atomic E-state index is 15.1. The molecule has 4 aromatic rings. The van der Waals surface area contributed by atoms with E-state index in [9.17, 15) is 14.0 Å². The summed E-state index contributed by atoms with van der Waals surface area (Å²) in [6.07, 6.45) is 3.87. The van der Waals surface area contributed by atoms with E-state index in [-0.39, 0.29) is 11.4 Å². The fraction of sp³-hybridized carbons (Fsp3) is 0.250. The third kappa shape index (κ3) is 5.13. The Bertz CT molecular complexity index is 1590. The summed E-state index contributed by atoms with van der Waals surface area (Å²) in [5.41, 5.74) is 0.0616. The topological polar surface area (TPSA) is 121 Å². The highest BCUT2D eigenvalue weighted by atomic mass is 19.1. The van der Waals surface area contributed by atoms with Gasteiger partial charge in [0.25, 0.3) is 0 Å². The lowest BCUT2D eigenvalue weighted by Gasteiger charge is -2.28. The highest BCUT2D eigenvalue weighted by Gasteiger charge is 2.56. The average molecular weight is 546 g/mol. The van der Waals surface area contributed by atoms with Crippen LogP contribution in [0.25, 0.3) is 11.2 Å². The van der Waals surface area contributed by atoms with Crippen LogP contribution in [0.2, 0.25) is 0 Å². The number of nitrogens with one attached hydrogen (secondary N) is 3. The molecule has 204 valence electrons. The van der Waals surface area contributed by atoms with Crippen molar-refractivity contribution in [3.05, 3.63) is 72.6 Å². The molecule has 2 aliphatic rings. The van der Waals surface area contributed by atoms with Crippen molar-refractivity contribution in [1.29, 1.82) is 0 Å². The van der Waals surface area contributed by atoms with Crippen molar-refractivity contribution in [3.8, 4) is 11.5 Å². The minimum atomic E-state index is -1.27. The van der Waals surface area contributed by atoms with E-state index in [4.69, 9.17) is 4.74 Å². The predicted molar refractivity (Wildman–Crippen MR) is 144 cm³/mol. The number of carbonyl (C=O) groups is 2. The number of rotatable bonds is 7. The number of piperazine rings is 1. The standard InChI is InChI=1S/C28H25F2N7O3/c29-17-1-3-18(4-2-17)34-26(38)28(8-9-28)27(39)35-19-5-6-21(20(30)15-19)40-22-7-10-32-25-24(22)36-23(16-33-25)37-13-11-31-12-14-37/h1-7,10,15-16,31H,8-9,11-14H2,(H,34,38)(H,35,39). The SMILES string of the molecule is O=C(Nc1ccc(F)cc1)C1(C(=O)Nc2ccc(Oc3ccnc4ncc(N5CCNCC5)nc34)c(F)c2)CC1. The molecular formula is C28H25F2N7O3. The van der Waals surface area contributed by atoms with Gasteiger partial charge in [-0.3, -0.25) is 9.59 Å². The van der Waals surface area contributed by atoms with Gasteiger partial charge in [0.05, 0.1) is 6.20 Å². The molecule has 10 nitrogen and oxygen atoms in total. The number of amides is 2. The van der Waals surface area contributed by atoms with Crippen LogP contribution in [-0.4, -0.2) is 52.9 Å². The van der Waals surface area contributed by atoms with E-state index >= 15 is 4.39 Å². The fourth-order valence-corrected chi connectivity index (χ4v) is 4.51. The Balaban J connectivity index is 1.16. The van der Waals surface area contributed by atoms with E-state index in [1.807, 2.05) is 0 Å². The summed E-state index contributed by atoms with van der Waals surface area (Å²) >= 11 is 0. The van der Waals surface area contributed by atoms with Gasteiger partial charge in [-0.2, -0.15) is 0 Å². The molecule has 2 amide bonds. The van der Waals surface area contributed by atoms with Crippen LogP contribution in [0.3, 0.4) is 0 Å². The Hall–Kier alpha value is -4.71. The lowest BCUT2D eigenvalue weighted by Crippen LogP contribution is -2.43. The van der Waals surface area contributed by atoms with Crippen LogP contribution in [0, 0.1) is 17.0 Å². The first kappa shape index (κ1) is 25.6. The second-order valence-electron chi connectivity index (χ2n) is 9.69. The Morgan fingerprint density at radius 3 is 2.30 bits per heavy atom. The molecule has 3 heterocycles. The largest absolute Gasteiger partial charge is 0.452 e. The minimum absolute atomic E-state index is 0.0740. The van der Waals surface area contributed by atoms with Crippen molar-refractivity contribution in [2.45, 2.75) is 12.8 Å². The first-order valence-electron chi connectivity index (χ1n) is 12.8. The summed E-state index contributed by atoms with van der Waals surface area (Å²) in [5.74, 6) is -1.29. The molecule has 1 aliphatic carbocycles. The molecule has 0 spiro atoms. The molecule has 1 aliphatic heterocycles. The van der Waals surface area contributed by atoms with Crippen LogP contribution >= 0.6 is 0 Å². The monoisotopic (exact) mass is 545 g/mol. The third-order valence-electron chi connectivity index (χ3n) is 6.97. The summed E-state index contributed by atoms with van der Waals surface area (Å²) in [6, 6.07) is 10.9. The van der Waals surface area contributed by atoms with Crippen molar-refractivity contribution in [1.82, 2.24) is 20.3 Å². The number of carbonyl (C=O) groups excluding carboxylic acids is 2. The van der Waals surface area contributed by atoms with E-state index in [0.717, 1.165) is 32.2 Å². The number of pyridine rings is 1. The fourth-order valence-electron chi connectivity index (χ4n) is 4.51. The number of benzene rings is 2. The molecule has 6 rings (SSSR count). The molecule has 0 unspecified atom stereocenters. The average Bonchev–Trinajstić information content (AvgIpc) is 3.79. The number of fused-ring (bicyclic) bond motifs is 1. The van der Waals surface area contributed by atoms with Gasteiger partial charge >= 0.3 is 0 Å². The van der Waals surface area contributed by atoms with Crippen molar-refractivity contribution in [2.75, 3.05) is 41.7 Å². The van der Waals surface area contributed by atoms with Gasteiger partial charge in [0.15, 0.2) is 28.5 Å². The summed E-state index contributed by atoms with van der Waals surface area (Å²) in [7, 11) is 0. The van der Waals surface area contributed by atoms with Gasteiger partial charge in [-0.25, -0.2) is 23.7 Å². The number of hydrogen-bond donors (Lipinski definition) is 3. The van der Waals surface area contributed by atoms with E-state index in [0.29, 0.717) is 41.3 Å². The van der Waals surface area contributed by atoms with Gasteiger partial charge in [-0.05, 0) is 49.2 Å². The number of anilines is 3. The molecule has 12 heteroatoms. The number of hydrogen-bond acceptors (Lipinski definition) is 8. The van der Waals surface area contributed by atoms with E-state index < -0.39 is 28.9 Å². The molecule has 2 aromatic heterocycles. The van der Waals surface area contributed by atoms with Crippen LogP contribution in [0.5, 0.6) is 11.5 Å². The molecule has 0 bridgehead atoms. The van der Waals surface area contributed by atoms with Crippen LogP contribution in [0.1, 0.15) is 12.8 Å². The molecule has 2 fully saturated rings. The maximum Gasteiger partial charge on any atom is 0.240 e. The van der Waals surface area contributed by atoms with Gasteiger partial charge in [0.1, 0.15) is 17.1 Å². The van der Waals surface area contributed by atoms with E-state index in [1.165, 1.54) is 42.6 Å². The predicted octanol–water partition coefficient (Wildman–Crippen LogP) is 3.86. The van der Waals surface area contributed by atoms with E-state index in [1.54, 1.807) is 12.3 Å². The maximum atomic E-state index is 15.1. The molecule has 2 aromatic carbocycles. The zero-order chi connectivity index (χ0) is 27.7. The van der Waals surface area contributed by atoms with E-state index in [2.05, 4.69) is 35.8 Å². The highest BCUT2D eigenvalue weighted by molar-refractivity contribution is 6.16. The Morgan fingerprint density at radius 2 is 1.60 bits per heavy atom. The Morgan fingerprint density at radius 1 is 0.900 bits per heavy atom. The Kier molecular flexibility index (Phi) is 6.68. The summed E-state index contributed by atoms with van der Waals surface area (Å²) in [6.45, 7) is 3.25. The van der Waals surface area contributed by atoms with Crippen LogP contribution in [-0.2, 0) is 9.59 Å². The van der Waals surface area contributed by atoms with Crippen LogP contribution < -0.4 is 25.6 Å². The Labute approximate surface area is 227 Å². The molecule has 0 radical (unpaired) electrons. The smallest absolute Gasteiger partial charge is 0.240 e. The van der Waals surface area contributed by atoms with Gasteiger partial charge in [0.2, 0.25) is 11.8 Å². The molecule has 1 saturated heterocycles. The van der Waals surface area contributed by atoms with Crippen LogP contribution in [0.15, 0.2) is 60.9 Å². The molecular weight excluding hydrogens is 520 g/mol. The van der Waals surface area contributed by atoms with Gasteiger partial charge in [-0.1, -0.05) is 0 Å². The lowest BCUT2D eigenvalue weighted by atomic mass is 10.0. The van der Waals surface area contributed by atoms with Crippen molar-refractivity contribution in [2.24, 2.45) is 5.41 Å². The first-order chi connectivity index (χ1) is 19.4. The summed E-state index contributed by atoms with van der Waals surface area (Å²) < 4.78 is 34.1. The summed E-state index contributed by atoms with van der Waals surface area (Å²) in [5, 5.41) is 8.56. The zero-order valence-electron chi connectivity index (χ0n) is 21.3. The third-order valence-corrected chi connectivity index (χ3v) is 6.97. The lowest BCUT2D eigenvalue weighted by molar-refractivity contribution is -0.131. The zero-order valence-corrected chi connectivity index (χ0v) is 21.3. The number of ether oxygens (including phenoxy) is 1. The second kappa shape index (κ2) is 10.5. The first-order valence-corrected chi connectivity index (χ1v) is 12.8. The molecule has 0 atom stereocenters. The normalized spacial score (nSPS) is 15.9. The highest BCUT2D eigenvalue weighted by Crippen LogP contribution is 2.47. The van der Waals surface area contributed by atoms with Crippen molar-refractivity contribution in [3.63, 3.8) is 0 Å². The minimum Gasteiger partial charge on any atom is -0.452 e. The number of aromatic nitrogens is 3. The van der Waals surface area contributed by atoms with Crippen molar-refractivity contribution < 1.29 is 23.1 Å². The van der Waals surface area contributed by atoms with Gasteiger partial charge in [0, 0.05) is 55.9 Å². The summed E-state index contributed by atoms with van der Waals surface area (Å²) in [4.78, 5) is 41.2. The van der Waals surface area contributed by atoms with Gasteiger partial charge in [-0.15, -0.1) is 0 Å². The molecule has 1 saturated carbocycles. The number of nitrogens with zero attached hydrogens (tertiary/aromatic N) is 4. The molecule has 40 heavy (non-hydrogen) atoms. The molecule has 3 N–H and O–H groups in total. The quantitative estimate of drug-likeness (QED) is 0.300. The van der Waals surface area contributed by atoms with Crippen molar-refractivity contribution >= 4 is 40.2 Å².